The van der Waals surface area contributed by atoms with Crippen LogP contribution in [0.2, 0.25) is 0 Å². The molecule has 0 spiro atoms. The topological polar surface area (TPSA) is 94.2 Å². The molecule has 1 fully saturated rings. The van der Waals surface area contributed by atoms with Crippen LogP contribution in [0.1, 0.15) is 19.8 Å². The highest BCUT2D eigenvalue weighted by molar-refractivity contribution is 5.92. The maximum Gasteiger partial charge on any atom is 0.308 e. The Morgan fingerprint density at radius 1 is 1.23 bits per heavy atom. The molecule has 1 unspecified atom stereocenters. The van der Waals surface area contributed by atoms with Gasteiger partial charge in [0, 0.05) is 13.1 Å². The third-order valence-corrected chi connectivity index (χ3v) is 3.90. The van der Waals surface area contributed by atoms with Crippen molar-refractivity contribution in [2.24, 2.45) is 0 Å². The summed E-state index contributed by atoms with van der Waals surface area (Å²) in [5.74, 6) is -0.283. The average molecular weight is 364 g/mol. The number of carbonyl (C=O) groups is 3. The van der Waals surface area contributed by atoms with E-state index in [2.05, 4.69) is 10.1 Å². The van der Waals surface area contributed by atoms with Gasteiger partial charge >= 0.3 is 5.97 Å². The molecule has 1 saturated heterocycles. The molecule has 8 heteroatoms. The molecule has 142 valence electrons. The first-order valence-corrected chi connectivity index (χ1v) is 8.55. The van der Waals surface area contributed by atoms with E-state index in [1.54, 1.807) is 18.2 Å². The fourth-order valence-electron chi connectivity index (χ4n) is 2.58. The van der Waals surface area contributed by atoms with Crippen molar-refractivity contribution < 1.29 is 28.6 Å². The molecule has 1 heterocycles. The monoisotopic (exact) mass is 364 g/mol. The van der Waals surface area contributed by atoms with Crippen LogP contribution in [-0.2, 0) is 19.1 Å². The summed E-state index contributed by atoms with van der Waals surface area (Å²) >= 11 is 0. The van der Waals surface area contributed by atoms with Gasteiger partial charge in [-0.1, -0.05) is 19.1 Å². The number of para-hydroxylation sites is 2. The third kappa shape index (κ3) is 5.11. The van der Waals surface area contributed by atoms with E-state index in [9.17, 15) is 14.4 Å². The summed E-state index contributed by atoms with van der Waals surface area (Å²) in [6.45, 7) is 2.93. The maximum absolute atomic E-state index is 12.6. The van der Waals surface area contributed by atoms with Crippen molar-refractivity contribution in [2.45, 2.75) is 25.8 Å². The minimum atomic E-state index is -0.890. The van der Waals surface area contributed by atoms with Gasteiger partial charge in [0.2, 0.25) is 5.91 Å². The first kappa shape index (κ1) is 19.6. The predicted molar refractivity (Wildman–Crippen MR) is 92.9 cm³/mol. The van der Waals surface area contributed by atoms with E-state index in [1.807, 2.05) is 13.0 Å². The molecule has 8 nitrogen and oxygen atoms in total. The van der Waals surface area contributed by atoms with Crippen molar-refractivity contribution in [3.05, 3.63) is 24.3 Å². The van der Waals surface area contributed by atoms with Gasteiger partial charge in [-0.3, -0.25) is 14.4 Å². The van der Waals surface area contributed by atoms with Gasteiger partial charge in [0.05, 0.1) is 20.1 Å². The second-order valence-electron chi connectivity index (χ2n) is 5.76. The van der Waals surface area contributed by atoms with Gasteiger partial charge in [-0.2, -0.15) is 0 Å². The number of esters is 1. The molecule has 1 aromatic carbocycles. The normalized spacial score (nSPS) is 16.6. The van der Waals surface area contributed by atoms with E-state index < -0.39 is 12.0 Å². The molecule has 1 aromatic rings. The lowest BCUT2D eigenvalue weighted by Gasteiger charge is -2.34. The van der Waals surface area contributed by atoms with Gasteiger partial charge in [0.25, 0.3) is 5.91 Å². The zero-order chi connectivity index (χ0) is 18.9. The summed E-state index contributed by atoms with van der Waals surface area (Å²) in [4.78, 5) is 37.5. The van der Waals surface area contributed by atoms with Crippen LogP contribution in [0, 0.1) is 0 Å². The van der Waals surface area contributed by atoms with Gasteiger partial charge < -0.3 is 24.4 Å². The number of methoxy groups -OCH3 is 1. The molecule has 2 rings (SSSR count). The van der Waals surface area contributed by atoms with E-state index >= 15 is 0 Å². The van der Waals surface area contributed by atoms with Crippen molar-refractivity contribution >= 4 is 17.8 Å². The Bertz CT molecular complexity index is 648. The van der Waals surface area contributed by atoms with Crippen LogP contribution in [-0.4, -0.2) is 62.1 Å². The Morgan fingerprint density at radius 2 is 1.92 bits per heavy atom. The average Bonchev–Trinajstić information content (AvgIpc) is 2.66. The SMILES string of the molecule is CCCOc1ccccc1OCC(=O)N1CCNC(=O)C1CC(=O)OC. The lowest BCUT2D eigenvalue weighted by atomic mass is 10.1. The number of hydrogen-bond acceptors (Lipinski definition) is 6. The molecule has 1 N–H and O–H groups in total. The van der Waals surface area contributed by atoms with Crippen molar-refractivity contribution in [3.8, 4) is 11.5 Å². The van der Waals surface area contributed by atoms with Crippen LogP contribution in [0.4, 0.5) is 0 Å². The van der Waals surface area contributed by atoms with Crippen molar-refractivity contribution in [3.63, 3.8) is 0 Å². The fourth-order valence-corrected chi connectivity index (χ4v) is 2.58. The Balaban J connectivity index is 2.01. The molecular weight excluding hydrogens is 340 g/mol. The van der Waals surface area contributed by atoms with Crippen LogP contribution in [0.15, 0.2) is 24.3 Å². The molecule has 0 aromatic heterocycles. The van der Waals surface area contributed by atoms with Crippen molar-refractivity contribution in [1.82, 2.24) is 10.2 Å². The van der Waals surface area contributed by atoms with Gasteiger partial charge in [-0.05, 0) is 18.6 Å². The summed E-state index contributed by atoms with van der Waals surface area (Å²) < 4.78 is 15.8. The summed E-state index contributed by atoms with van der Waals surface area (Å²) in [6.07, 6.45) is 0.662. The van der Waals surface area contributed by atoms with Crippen LogP contribution in [0.3, 0.4) is 0 Å². The number of benzene rings is 1. The number of rotatable bonds is 8. The number of carbonyl (C=O) groups excluding carboxylic acids is 3. The molecule has 0 bridgehead atoms. The summed E-state index contributed by atoms with van der Waals surface area (Å²) in [5.41, 5.74) is 0. The Morgan fingerprint density at radius 3 is 2.58 bits per heavy atom. The van der Waals surface area contributed by atoms with E-state index in [0.717, 1.165) is 6.42 Å². The maximum atomic E-state index is 12.6. The smallest absolute Gasteiger partial charge is 0.308 e. The Kier molecular flexibility index (Phi) is 7.25. The molecule has 2 amide bonds. The highest BCUT2D eigenvalue weighted by Gasteiger charge is 2.35. The van der Waals surface area contributed by atoms with Gasteiger partial charge in [0.15, 0.2) is 18.1 Å². The highest BCUT2D eigenvalue weighted by Crippen LogP contribution is 2.26. The minimum Gasteiger partial charge on any atom is -0.490 e. The zero-order valence-electron chi connectivity index (χ0n) is 15.0. The van der Waals surface area contributed by atoms with Gasteiger partial charge in [-0.25, -0.2) is 0 Å². The molecule has 0 aliphatic carbocycles. The van der Waals surface area contributed by atoms with Crippen molar-refractivity contribution in [2.75, 3.05) is 33.4 Å². The van der Waals surface area contributed by atoms with Gasteiger partial charge in [-0.15, -0.1) is 0 Å². The third-order valence-electron chi connectivity index (χ3n) is 3.90. The molecule has 0 radical (unpaired) electrons. The molecule has 1 aliphatic rings. The largest absolute Gasteiger partial charge is 0.490 e. The second kappa shape index (κ2) is 9.65. The predicted octanol–water partition coefficient (Wildman–Crippen LogP) is 0.744. The van der Waals surface area contributed by atoms with E-state index in [-0.39, 0.29) is 24.8 Å². The number of piperazine rings is 1. The van der Waals surface area contributed by atoms with Crippen LogP contribution in [0.5, 0.6) is 11.5 Å². The van der Waals surface area contributed by atoms with E-state index in [4.69, 9.17) is 9.47 Å². The number of ether oxygens (including phenoxy) is 3. The van der Waals surface area contributed by atoms with Crippen LogP contribution >= 0.6 is 0 Å². The van der Waals surface area contributed by atoms with Gasteiger partial charge in [0.1, 0.15) is 6.04 Å². The molecule has 1 aliphatic heterocycles. The first-order valence-electron chi connectivity index (χ1n) is 8.55. The lowest BCUT2D eigenvalue weighted by molar-refractivity contribution is -0.151. The summed E-state index contributed by atoms with van der Waals surface area (Å²) in [7, 11) is 1.24. The summed E-state index contributed by atoms with van der Waals surface area (Å²) in [6, 6.07) is 6.20. The van der Waals surface area contributed by atoms with Crippen LogP contribution in [0.25, 0.3) is 0 Å². The van der Waals surface area contributed by atoms with E-state index in [1.165, 1.54) is 12.0 Å². The van der Waals surface area contributed by atoms with E-state index in [0.29, 0.717) is 31.2 Å². The molecule has 1 atom stereocenters. The van der Waals surface area contributed by atoms with Crippen LogP contribution < -0.4 is 14.8 Å². The first-order chi connectivity index (χ1) is 12.6. The number of hydrogen-bond donors (Lipinski definition) is 1. The molecule has 26 heavy (non-hydrogen) atoms. The number of nitrogens with zero attached hydrogens (tertiary/aromatic N) is 1. The number of amides is 2. The number of nitrogens with one attached hydrogen (secondary N) is 1. The summed E-state index contributed by atoms with van der Waals surface area (Å²) in [5, 5.41) is 2.65. The van der Waals surface area contributed by atoms with Crippen molar-refractivity contribution in [1.29, 1.82) is 0 Å². The molecular formula is C18H24N2O6. The lowest BCUT2D eigenvalue weighted by Crippen LogP contribution is -2.58. The quantitative estimate of drug-likeness (QED) is 0.684. The second-order valence-corrected chi connectivity index (χ2v) is 5.76. The standard InChI is InChI=1S/C18H24N2O6/c1-3-10-25-14-6-4-5-7-15(14)26-12-16(21)20-9-8-19-18(23)13(20)11-17(22)24-2/h4-7,13H,3,8-12H2,1-2H3,(H,19,23). The Labute approximate surface area is 152 Å². The fraction of sp³-hybridized carbons (Fsp3) is 0.500. The Hall–Kier alpha value is -2.77. The minimum absolute atomic E-state index is 0.190. The zero-order valence-corrected chi connectivity index (χ0v) is 15.0. The highest BCUT2D eigenvalue weighted by atomic mass is 16.5. The molecule has 0 saturated carbocycles.